The monoisotopic (exact) mass is 700 g/mol. The smallest absolute Gasteiger partial charge is 0.338 e. The Morgan fingerprint density at radius 3 is 2.59 bits per heavy atom. The highest BCUT2D eigenvalue weighted by atomic mass is 79.9. The molecule has 11 heteroatoms. The Hall–Kier alpha value is -3.41. The normalized spacial score (nSPS) is 15.1. The van der Waals surface area contributed by atoms with Crippen LogP contribution in [-0.4, -0.2) is 30.9 Å². The Kier molecular flexibility index (Phi) is 8.40. The van der Waals surface area contributed by atoms with Crippen LogP contribution in [0.2, 0.25) is 0 Å². The molecule has 2 aromatic heterocycles. The van der Waals surface area contributed by atoms with Crippen molar-refractivity contribution in [2.45, 2.75) is 32.9 Å². The van der Waals surface area contributed by atoms with Gasteiger partial charge in [-0.15, -0.1) is 0 Å². The van der Waals surface area contributed by atoms with E-state index in [1.807, 2.05) is 24.3 Å². The molecule has 1 atom stereocenters. The number of hydrogen-bond donors (Lipinski definition) is 0. The van der Waals surface area contributed by atoms with Crippen LogP contribution in [0.1, 0.15) is 38.1 Å². The van der Waals surface area contributed by atoms with E-state index >= 15 is 0 Å². The third-order valence-electron chi connectivity index (χ3n) is 6.41. The van der Waals surface area contributed by atoms with Crippen molar-refractivity contribution in [3.05, 3.63) is 99.8 Å². The van der Waals surface area contributed by atoms with E-state index in [4.69, 9.17) is 18.6 Å². The van der Waals surface area contributed by atoms with E-state index in [0.29, 0.717) is 43.6 Å². The van der Waals surface area contributed by atoms with E-state index < -0.39 is 12.0 Å². The van der Waals surface area contributed by atoms with Crippen molar-refractivity contribution in [1.82, 2.24) is 4.57 Å². The summed E-state index contributed by atoms with van der Waals surface area (Å²) in [6.45, 7) is 5.28. The number of hydrogen-bond acceptors (Lipinski definition) is 8. The molecule has 0 aliphatic carbocycles. The molecule has 0 N–H and O–H groups in total. The average Bonchev–Trinajstić information content (AvgIpc) is 3.52. The highest BCUT2D eigenvalue weighted by Crippen LogP contribution is 2.38. The number of fused-ring (bicyclic) bond motifs is 1. The van der Waals surface area contributed by atoms with E-state index in [2.05, 4.69) is 36.9 Å². The highest BCUT2D eigenvalue weighted by molar-refractivity contribution is 9.11. The third-order valence-corrected chi connectivity index (χ3v) is 8.58. The first-order valence-electron chi connectivity index (χ1n) is 12.6. The summed E-state index contributed by atoms with van der Waals surface area (Å²) >= 11 is 8.28. The number of carbonyl (C=O) groups excluding carboxylic acids is 1. The molecule has 4 aromatic rings. The molecule has 5 rings (SSSR count). The number of carbonyl (C=O) groups is 1. The van der Waals surface area contributed by atoms with Gasteiger partial charge in [-0.25, -0.2) is 9.79 Å². The zero-order valence-electron chi connectivity index (χ0n) is 22.9. The molecule has 0 radical (unpaired) electrons. The van der Waals surface area contributed by atoms with Crippen LogP contribution in [0.15, 0.2) is 83.0 Å². The van der Waals surface area contributed by atoms with Crippen LogP contribution in [0, 0.1) is 0 Å². The number of thiazole rings is 1. The van der Waals surface area contributed by atoms with Gasteiger partial charge in [-0.05, 0) is 69.3 Å². The summed E-state index contributed by atoms with van der Waals surface area (Å²) in [6, 6.07) is 13.9. The lowest BCUT2D eigenvalue weighted by Gasteiger charge is -2.26. The lowest BCUT2D eigenvalue weighted by molar-refractivity contribution is -0.143. The number of allylic oxidation sites excluding steroid dienone is 1. The summed E-state index contributed by atoms with van der Waals surface area (Å²) in [7, 11) is 3.09. The average molecular weight is 702 g/mol. The first-order chi connectivity index (χ1) is 19.6. The molecule has 0 spiro atoms. The van der Waals surface area contributed by atoms with Crippen LogP contribution >= 0.6 is 43.2 Å². The van der Waals surface area contributed by atoms with Gasteiger partial charge in [0.1, 0.15) is 29.1 Å². The van der Waals surface area contributed by atoms with Crippen LogP contribution in [0.4, 0.5) is 0 Å². The SMILES string of the molecule is COc1ccc(OC)c([C@@H]2C(C(=O)OC(C)C)=C(C)N=c3s/c(=C\c4ccc(-c5cc(Br)ccc5Br)o4)c(=O)n32)c1. The standard InChI is InChI=1S/C30H26Br2N2O6S/c1-15(2)39-29(36)26-16(3)33-30-34(27(26)21-13-18(37-4)7-10-23(21)38-5)28(35)25(41-30)14-19-8-11-24(40-19)20-12-17(31)6-9-22(20)32/h6-15,27H,1-5H3/b25-14-/t27-/m1/s1. The van der Waals surface area contributed by atoms with Gasteiger partial charge in [0.05, 0.1) is 36.1 Å². The molecule has 2 aromatic carbocycles. The quantitative estimate of drug-likeness (QED) is 0.220. The molecule has 0 fully saturated rings. The van der Waals surface area contributed by atoms with Gasteiger partial charge in [-0.1, -0.05) is 43.2 Å². The Bertz CT molecular complexity index is 1870. The Balaban J connectivity index is 1.69. The molecule has 1 aliphatic rings. The second-order valence-corrected chi connectivity index (χ2v) is 12.2. The number of esters is 1. The van der Waals surface area contributed by atoms with Crippen LogP contribution < -0.4 is 24.4 Å². The molecular formula is C30H26Br2N2O6S. The minimum absolute atomic E-state index is 0.254. The van der Waals surface area contributed by atoms with E-state index in [1.165, 1.54) is 23.0 Å². The minimum atomic E-state index is -0.852. The van der Waals surface area contributed by atoms with Gasteiger partial charge in [0, 0.05) is 26.1 Å². The van der Waals surface area contributed by atoms with Gasteiger partial charge < -0.3 is 18.6 Å². The number of halogens is 2. The second kappa shape index (κ2) is 11.8. The summed E-state index contributed by atoms with van der Waals surface area (Å²) in [4.78, 5) is 32.5. The fourth-order valence-electron chi connectivity index (χ4n) is 4.60. The van der Waals surface area contributed by atoms with Gasteiger partial charge in [-0.2, -0.15) is 0 Å². The Morgan fingerprint density at radius 2 is 1.88 bits per heavy atom. The number of methoxy groups -OCH3 is 2. The number of furan rings is 1. The van der Waals surface area contributed by atoms with Crippen molar-refractivity contribution in [2.75, 3.05) is 14.2 Å². The zero-order chi connectivity index (χ0) is 29.4. The molecule has 3 heterocycles. The zero-order valence-corrected chi connectivity index (χ0v) is 26.8. The molecule has 0 amide bonds. The fourth-order valence-corrected chi connectivity index (χ4v) is 6.43. The molecule has 0 saturated carbocycles. The van der Waals surface area contributed by atoms with Crippen molar-refractivity contribution in [3.63, 3.8) is 0 Å². The van der Waals surface area contributed by atoms with E-state index in [1.54, 1.807) is 58.2 Å². The molecule has 0 bridgehead atoms. The van der Waals surface area contributed by atoms with Crippen molar-refractivity contribution in [3.8, 4) is 22.8 Å². The molecule has 1 aliphatic heterocycles. The summed E-state index contributed by atoms with van der Waals surface area (Å²) < 4.78 is 26.5. The molecule has 0 saturated heterocycles. The maximum absolute atomic E-state index is 14.0. The van der Waals surface area contributed by atoms with Gasteiger partial charge >= 0.3 is 5.97 Å². The molecule has 212 valence electrons. The van der Waals surface area contributed by atoms with Gasteiger partial charge in [0.15, 0.2) is 4.80 Å². The van der Waals surface area contributed by atoms with Crippen LogP contribution in [0.5, 0.6) is 11.5 Å². The molecule has 41 heavy (non-hydrogen) atoms. The summed E-state index contributed by atoms with van der Waals surface area (Å²) in [5.74, 6) is 1.63. The highest BCUT2D eigenvalue weighted by Gasteiger charge is 2.35. The topological polar surface area (TPSA) is 92.3 Å². The van der Waals surface area contributed by atoms with Gasteiger partial charge in [0.2, 0.25) is 0 Å². The van der Waals surface area contributed by atoms with Crippen LogP contribution in [0.25, 0.3) is 17.4 Å². The first-order valence-corrected chi connectivity index (χ1v) is 15.0. The molecule has 0 unspecified atom stereocenters. The molecular weight excluding hydrogens is 676 g/mol. The van der Waals surface area contributed by atoms with Gasteiger partial charge in [-0.3, -0.25) is 9.36 Å². The van der Waals surface area contributed by atoms with E-state index in [9.17, 15) is 9.59 Å². The summed E-state index contributed by atoms with van der Waals surface area (Å²) in [5.41, 5.74) is 1.83. The Morgan fingerprint density at radius 1 is 1.10 bits per heavy atom. The third kappa shape index (κ3) is 5.71. The van der Waals surface area contributed by atoms with Crippen molar-refractivity contribution < 1.29 is 23.4 Å². The summed E-state index contributed by atoms with van der Waals surface area (Å²) in [6.07, 6.45) is 1.32. The summed E-state index contributed by atoms with van der Waals surface area (Å²) in [5, 5.41) is 0. The van der Waals surface area contributed by atoms with Crippen LogP contribution in [0.3, 0.4) is 0 Å². The predicted octanol–water partition coefficient (Wildman–Crippen LogP) is 5.99. The maximum Gasteiger partial charge on any atom is 0.338 e. The predicted molar refractivity (Wildman–Crippen MR) is 164 cm³/mol. The van der Waals surface area contributed by atoms with Crippen molar-refractivity contribution >= 4 is 55.2 Å². The number of nitrogens with zero attached hydrogens (tertiary/aromatic N) is 2. The fraction of sp³-hybridized carbons (Fsp3) is 0.233. The maximum atomic E-state index is 14.0. The van der Waals surface area contributed by atoms with Crippen molar-refractivity contribution in [2.24, 2.45) is 4.99 Å². The second-order valence-electron chi connectivity index (χ2n) is 9.47. The van der Waals surface area contributed by atoms with Crippen molar-refractivity contribution in [1.29, 1.82) is 0 Å². The number of ether oxygens (including phenoxy) is 3. The molecule has 8 nitrogen and oxygen atoms in total. The number of rotatable bonds is 7. The lowest BCUT2D eigenvalue weighted by atomic mass is 9.94. The largest absolute Gasteiger partial charge is 0.497 e. The van der Waals surface area contributed by atoms with E-state index in [-0.39, 0.29) is 17.2 Å². The number of aromatic nitrogens is 1. The Labute approximate surface area is 256 Å². The van der Waals surface area contributed by atoms with Gasteiger partial charge in [0.25, 0.3) is 5.56 Å². The number of benzene rings is 2. The lowest BCUT2D eigenvalue weighted by Crippen LogP contribution is -2.40. The van der Waals surface area contributed by atoms with E-state index in [0.717, 1.165) is 14.5 Å². The minimum Gasteiger partial charge on any atom is -0.497 e. The van der Waals surface area contributed by atoms with Crippen LogP contribution in [-0.2, 0) is 9.53 Å². The first kappa shape index (κ1) is 29.1.